The van der Waals surface area contributed by atoms with Crippen molar-refractivity contribution in [1.82, 2.24) is 15.5 Å². The highest BCUT2D eigenvalue weighted by molar-refractivity contribution is 14.0. The Morgan fingerprint density at radius 1 is 1.28 bits per heavy atom. The van der Waals surface area contributed by atoms with Crippen LogP contribution in [0.2, 0.25) is 0 Å². The highest BCUT2D eigenvalue weighted by atomic mass is 127. The van der Waals surface area contributed by atoms with Gasteiger partial charge in [0.15, 0.2) is 5.96 Å². The standard InChI is InChI=1S/C18H27FN4O.HI/c1-2-20-18(22-14-17(24)23-11-3-4-12-23)21-10-6-8-15-7-5-9-16(19)13-15;/h5,7,9,13H,2-4,6,8,10-12,14H2,1H3,(H2,20,21,22);1H. The van der Waals surface area contributed by atoms with Gasteiger partial charge >= 0.3 is 0 Å². The molecule has 2 rings (SSSR count). The molecule has 1 saturated heterocycles. The Balaban J connectivity index is 0.00000312. The van der Waals surface area contributed by atoms with Crippen LogP contribution in [-0.2, 0) is 11.2 Å². The van der Waals surface area contributed by atoms with Gasteiger partial charge in [-0.3, -0.25) is 4.79 Å². The van der Waals surface area contributed by atoms with Crippen LogP contribution >= 0.6 is 24.0 Å². The molecule has 5 nitrogen and oxygen atoms in total. The molecule has 0 atom stereocenters. The van der Waals surface area contributed by atoms with Crippen LogP contribution in [0.15, 0.2) is 29.3 Å². The average Bonchev–Trinajstić information content (AvgIpc) is 3.11. The first kappa shape index (κ1) is 21.7. The zero-order valence-electron chi connectivity index (χ0n) is 14.8. The molecule has 1 amide bonds. The number of benzene rings is 1. The van der Waals surface area contributed by atoms with Crippen LogP contribution in [0.5, 0.6) is 0 Å². The van der Waals surface area contributed by atoms with E-state index in [-0.39, 0.29) is 42.2 Å². The summed E-state index contributed by atoms with van der Waals surface area (Å²) in [6.45, 7) is 5.34. The van der Waals surface area contributed by atoms with Gasteiger partial charge in [-0.15, -0.1) is 24.0 Å². The van der Waals surface area contributed by atoms with E-state index in [1.807, 2.05) is 17.9 Å². The van der Waals surface area contributed by atoms with Gasteiger partial charge in [0.25, 0.3) is 0 Å². The molecule has 1 fully saturated rings. The lowest BCUT2D eigenvalue weighted by molar-refractivity contribution is -0.128. The van der Waals surface area contributed by atoms with Crippen molar-refractivity contribution in [3.63, 3.8) is 0 Å². The number of carbonyl (C=O) groups is 1. The fourth-order valence-corrected chi connectivity index (χ4v) is 2.75. The molecule has 0 bridgehead atoms. The second-order valence-electron chi connectivity index (χ2n) is 5.94. The number of carbonyl (C=O) groups excluding carboxylic acids is 1. The predicted octanol–water partition coefficient (Wildman–Crippen LogP) is 2.55. The van der Waals surface area contributed by atoms with E-state index >= 15 is 0 Å². The van der Waals surface area contributed by atoms with Crippen molar-refractivity contribution in [2.24, 2.45) is 4.99 Å². The number of likely N-dealkylation sites (tertiary alicyclic amines) is 1. The van der Waals surface area contributed by atoms with E-state index in [0.717, 1.165) is 57.4 Å². The van der Waals surface area contributed by atoms with Crippen LogP contribution in [0.3, 0.4) is 0 Å². The molecule has 25 heavy (non-hydrogen) atoms. The van der Waals surface area contributed by atoms with Gasteiger partial charge in [-0.05, 0) is 50.3 Å². The molecular weight excluding hydrogens is 434 g/mol. The van der Waals surface area contributed by atoms with Gasteiger partial charge in [0.2, 0.25) is 5.91 Å². The number of hydrogen-bond donors (Lipinski definition) is 2. The maximum absolute atomic E-state index is 13.1. The fraction of sp³-hybridized carbons (Fsp3) is 0.556. The molecule has 7 heteroatoms. The highest BCUT2D eigenvalue weighted by Crippen LogP contribution is 2.07. The quantitative estimate of drug-likeness (QED) is 0.284. The Morgan fingerprint density at radius 2 is 2.04 bits per heavy atom. The SMILES string of the molecule is CCNC(=NCC(=O)N1CCCC1)NCCCc1cccc(F)c1.I. The molecule has 1 heterocycles. The molecule has 0 saturated carbocycles. The number of aliphatic imine (C=N–C) groups is 1. The van der Waals surface area contributed by atoms with Crippen molar-refractivity contribution in [2.45, 2.75) is 32.6 Å². The molecule has 0 aliphatic carbocycles. The van der Waals surface area contributed by atoms with Gasteiger partial charge in [-0.2, -0.15) is 0 Å². The smallest absolute Gasteiger partial charge is 0.244 e. The molecular formula is C18H28FIN4O. The lowest BCUT2D eigenvalue weighted by Gasteiger charge is -2.15. The molecule has 0 spiro atoms. The first-order chi connectivity index (χ1) is 11.7. The third-order valence-electron chi connectivity index (χ3n) is 4.00. The molecule has 0 radical (unpaired) electrons. The summed E-state index contributed by atoms with van der Waals surface area (Å²) in [7, 11) is 0. The normalized spacial score (nSPS) is 14.2. The van der Waals surface area contributed by atoms with Gasteiger partial charge in [0, 0.05) is 26.2 Å². The van der Waals surface area contributed by atoms with Crippen molar-refractivity contribution in [3.8, 4) is 0 Å². The summed E-state index contributed by atoms with van der Waals surface area (Å²) in [6, 6.07) is 6.67. The molecule has 0 aromatic heterocycles. The summed E-state index contributed by atoms with van der Waals surface area (Å²) in [4.78, 5) is 18.3. The van der Waals surface area contributed by atoms with E-state index in [1.54, 1.807) is 12.1 Å². The number of nitrogens with zero attached hydrogens (tertiary/aromatic N) is 2. The lowest BCUT2D eigenvalue weighted by atomic mass is 10.1. The summed E-state index contributed by atoms with van der Waals surface area (Å²) >= 11 is 0. The average molecular weight is 462 g/mol. The summed E-state index contributed by atoms with van der Waals surface area (Å²) in [5.41, 5.74) is 0.989. The maximum atomic E-state index is 13.1. The Labute approximate surface area is 166 Å². The number of amides is 1. The van der Waals surface area contributed by atoms with E-state index < -0.39 is 0 Å². The number of aryl methyl sites for hydroxylation is 1. The van der Waals surface area contributed by atoms with Crippen LogP contribution in [0.1, 0.15) is 31.7 Å². The predicted molar refractivity (Wildman–Crippen MR) is 110 cm³/mol. The van der Waals surface area contributed by atoms with Gasteiger partial charge in [0.1, 0.15) is 12.4 Å². The van der Waals surface area contributed by atoms with Crippen molar-refractivity contribution >= 4 is 35.8 Å². The zero-order chi connectivity index (χ0) is 17.2. The summed E-state index contributed by atoms with van der Waals surface area (Å²) < 4.78 is 13.1. The number of halogens is 2. The Kier molecular flexibility index (Phi) is 10.4. The van der Waals surface area contributed by atoms with E-state index in [1.165, 1.54) is 6.07 Å². The summed E-state index contributed by atoms with van der Waals surface area (Å²) in [5.74, 6) is 0.546. The second-order valence-corrected chi connectivity index (χ2v) is 5.94. The van der Waals surface area contributed by atoms with Crippen LogP contribution < -0.4 is 10.6 Å². The van der Waals surface area contributed by atoms with E-state index in [2.05, 4.69) is 15.6 Å². The number of hydrogen-bond acceptors (Lipinski definition) is 2. The summed E-state index contributed by atoms with van der Waals surface area (Å²) in [5, 5.41) is 6.37. The number of rotatable bonds is 7. The molecule has 1 aliphatic heterocycles. The van der Waals surface area contributed by atoms with Crippen molar-refractivity contribution in [3.05, 3.63) is 35.6 Å². The van der Waals surface area contributed by atoms with Crippen molar-refractivity contribution in [1.29, 1.82) is 0 Å². The largest absolute Gasteiger partial charge is 0.357 e. The minimum absolute atomic E-state index is 0. The first-order valence-corrected chi connectivity index (χ1v) is 8.73. The maximum Gasteiger partial charge on any atom is 0.244 e. The first-order valence-electron chi connectivity index (χ1n) is 8.73. The van der Waals surface area contributed by atoms with Crippen LogP contribution in [-0.4, -0.2) is 49.5 Å². The van der Waals surface area contributed by atoms with E-state index in [4.69, 9.17) is 0 Å². The van der Waals surface area contributed by atoms with Crippen molar-refractivity contribution in [2.75, 3.05) is 32.7 Å². The van der Waals surface area contributed by atoms with E-state index in [9.17, 15) is 9.18 Å². The number of nitrogens with one attached hydrogen (secondary N) is 2. The van der Waals surface area contributed by atoms with Gasteiger partial charge in [-0.25, -0.2) is 9.38 Å². The second kappa shape index (κ2) is 12.1. The molecule has 0 unspecified atom stereocenters. The van der Waals surface area contributed by atoms with Crippen LogP contribution in [0.4, 0.5) is 4.39 Å². The highest BCUT2D eigenvalue weighted by Gasteiger charge is 2.17. The monoisotopic (exact) mass is 462 g/mol. The Morgan fingerprint density at radius 3 is 2.72 bits per heavy atom. The molecule has 140 valence electrons. The lowest BCUT2D eigenvalue weighted by Crippen LogP contribution is -2.39. The third-order valence-corrected chi connectivity index (χ3v) is 4.00. The summed E-state index contributed by atoms with van der Waals surface area (Å²) in [6.07, 6.45) is 3.85. The Bertz CT molecular complexity index is 562. The molecule has 1 aliphatic rings. The molecule has 1 aromatic rings. The number of guanidine groups is 1. The van der Waals surface area contributed by atoms with Gasteiger partial charge < -0.3 is 15.5 Å². The minimum Gasteiger partial charge on any atom is -0.357 e. The van der Waals surface area contributed by atoms with Crippen LogP contribution in [0, 0.1) is 5.82 Å². The zero-order valence-corrected chi connectivity index (χ0v) is 17.1. The fourth-order valence-electron chi connectivity index (χ4n) is 2.75. The van der Waals surface area contributed by atoms with Gasteiger partial charge in [-0.1, -0.05) is 12.1 Å². The van der Waals surface area contributed by atoms with Gasteiger partial charge in [0.05, 0.1) is 0 Å². The topological polar surface area (TPSA) is 56.7 Å². The third kappa shape index (κ3) is 8.02. The Hall–Kier alpha value is -1.38. The minimum atomic E-state index is -0.198. The van der Waals surface area contributed by atoms with Crippen LogP contribution in [0.25, 0.3) is 0 Å². The van der Waals surface area contributed by atoms with E-state index in [0.29, 0.717) is 5.96 Å². The molecule has 1 aromatic carbocycles. The van der Waals surface area contributed by atoms with Crippen molar-refractivity contribution < 1.29 is 9.18 Å². The molecule has 2 N–H and O–H groups in total.